The molecule has 0 radical (unpaired) electrons. The van der Waals surface area contributed by atoms with Crippen molar-refractivity contribution >= 4 is 38.9 Å². The molecule has 336 valence electrons. The second-order valence-electron chi connectivity index (χ2n) is 19.3. The monoisotopic (exact) mass is 906 g/mol. The molecule has 0 N–H and O–H groups in total. The summed E-state index contributed by atoms with van der Waals surface area (Å²) in [7, 11) is 0. The molecule has 1 aliphatic rings. The van der Waals surface area contributed by atoms with Crippen molar-refractivity contribution in [1.29, 1.82) is 0 Å². The van der Waals surface area contributed by atoms with Crippen molar-refractivity contribution < 1.29 is 0 Å². The third-order valence-corrected chi connectivity index (χ3v) is 14.8. The van der Waals surface area contributed by atoms with Crippen molar-refractivity contribution in [2.75, 3.05) is 4.90 Å². The van der Waals surface area contributed by atoms with E-state index in [0.717, 1.165) is 33.9 Å². The Hall–Kier alpha value is -8.98. The highest BCUT2D eigenvalue weighted by atomic mass is 15.1. The molecule has 13 rings (SSSR count). The lowest BCUT2D eigenvalue weighted by atomic mass is 9.82. The van der Waals surface area contributed by atoms with Crippen molar-refractivity contribution in [3.05, 3.63) is 278 Å². The van der Waals surface area contributed by atoms with Gasteiger partial charge in [-0.3, -0.25) is 0 Å². The Balaban J connectivity index is 0.914. The van der Waals surface area contributed by atoms with Gasteiger partial charge >= 0.3 is 0 Å². The van der Waals surface area contributed by atoms with Gasteiger partial charge in [0.25, 0.3) is 0 Å². The van der Waals surface area contributed by atoms with E-state index in [-0.39, 0.29) is 5.41 Å². The Morgan fingerprint density at radius 2 is 0.746 bits per heavy atom. The summed E-state index contributed by atoms with van der Waals surface area (Å²) >= 11 is 0. The quantitative estimate of drug-likeness (QED) is 0.140. The number of fused-ring (bicyclic) bond motifs is 6. The molecule has 2 nitrogen and oxygen atoms in total. The van der Waals surface area contributed by atoms with E-state index in [9.17, 15) is 0 Å². The van der Waals surface area contributed by atoms with Crippen LogP contribution in [0.15, 0.2) is 267 Å². The van der Waals surface area contributed by atoms with E-state index < -0.39 is 0 Å². The van der Waals surface area contributed by atoms with Gasteiger partial charge in [-0.2, -0.15) is 0 Å². The molecule has 0 bridgehead atoms. The van der Waals surface area contributed by atoms with Crippen molar-refractivity contribution in [3.63, 3.8) is 0 Å². The van der Waals surface area contributed by atoms with E-state index in [2.05, 4.69) is 290 Å². The summed E-state index contributed by atoms with van der Waals surface area (Å²) < 4.78 is 2.48. The van der Waals surface area contributed by atoms with Crippen molar-refractivity contribution in [2.45, 2.75) is 19.3 Å². The lowest BCUT2D eigenvalue weighted by Crippen LogP contribution is -2.16. The fourth-order valence-corrected chi connectivity index (χ4v) is 11.2. The van der Waals surface area contributed by atoms with Gasteiger partial charge in [0.1, 0.15) is 0 Å². The fourth-order valence-electron chi connectivity index (χ4n) is 11.2. The van der Waals surface area contributed by atoms with E-state index >= 15 is 0 Å². The molecular formula is C69H50N2. The summed E-state index contributed by atoms with van der Waals surface area (Å²) in [6.45, 7) is 4.71. The zero-order chi connectivity index (χ0) is 47.5. The lowest BCUT2D eigenvalue weighted by molar-refractivity contribution is 0.660. The van der Waals surface area contributed by atoms with Gasteiger partial charge in [0.15, 0.2) is 0 Å². The average molecular weight is 907 g/mol. The lowest BCUT2D eigenvalue weighted by Gasteiger charge is -2.28. The first-order valence-electron chi connectivity index (χ1n) is 24.7. The predicted molar refractivity (Wildman–Crippen MR) is 300 cm³/mol. The summed E-state index contributed by atoms with van der Waals surface area (Å²) in [5.41, 5.74) is 24.0. The van der Waals surface area contributed by atoms with Gasteiger partial charge in [-0.15, -0.1) is 0 Å². The molecule has 11 aromatic carbocycles. The molecule has 0 atom stereocenters. The smallest absolute Gasteiger partial charge is 0.0619 e. The van der Waals surface area contributed by atoms with Crippen LogP contribution in [-0.2, 0) is 5.41 Å². The molecule has 0 fully saturated rings. The molecule has 0 amide bonds. The number of hydrogen-bond acceptors (Lipinski definition) is 1. The molecular weight excluding hydrogens is 857 g/mol. The Morgan fingerprint density at radius 3 is 1.34 bits per heavy atom. The predicted octanol–water partition coefficient (Wildman–Crippen LogP) is 18.9. The normalized spacial score (nSPS) is 12.5. The molecule has 0 unspecified atom stereocenters. The standard InChI is InChI=1S/C69H50N2/c1-69(2)65-26-16-15-25-60(65)61-42-40-59(46-66(61)69)70(56-34-27-50(28-35-56)47-17-7-3-8-18-47)57-36-29-51(30-37-57)52-31-38-58(39-32-52)71-67-45-54(48-19-9-4-10-20-48)33-41-62(67)64-44-55(49-21-11-5-12-22-49)43-63(68(64)71)53-23-13-6-14-24-53/h3-46H,1-2H3. The topological polar surface area (TPSA) is 8.17 Å². The van der Waals surface area contributed by atoms with E-state index in [1.807, 2.05) is 0 Å². The van der Waals surface area contributed by atoms with Crippen LogP contribution in [0.1, 0.15) is 25.0 Å². The minimum Gasteiger partial charge on any atom is -0.310 e. The van der Waals surface area contributed by atoms with Crippen LogP contribution in [0.25, 0.3) is 94.3 Å². The largest absolute Gasteiger partial charge is 0.310 e. The van der Waals surface area contributed by atoms with Gasteiger partial charge in [-0.1, -0.05) is 214 Å². The second-order valence-corrected chi connectivity index (χ2v) is 19.3. The molecule has 0 saturated heterocycles. The number of aromatic nitrogens is 1. The highest BCUT2D eigenvalue weighted by Gasteiger charge is 2.35. The average Bonchev–Trinajstić information content (AvgIpc) is 3.89. The van der Waals surface area contributed by atoms with Crippen LogP contribution in [-0.4, -0.2) is 4.57 Å². The number of benzene rings is 11. The van der Waals surface area contributed by atoms with E-state index in [0.29, 0.717) is 0 Å². The summed E-state index contributed by atoms with van der Waals surface area (Å²) in [6.07, 6.45) is 0. The number of hydrogen-bond donors (Lipinski definition) is 0. The molecule has 2 heteroatoms. The summed E-state index contributed by atoms with van der Waals surface area (Å²) in [4.78, 5) is 2.40. The zero-order valence-electron chi connectivity index (χ0n) is 39.8. The van der Waals surface area contributed by atoms with Gasteiger partial charge in [0, 0.05) is 44.5 Å². The van der Waals surface area contributed by atoms with Gasteiger partial charge in [0.2, 0.25) is 0 Å². The minimum absolute atomic E-state index is 0.113. The first kappa shape index (κ1) is 42.1. The first-order chi connectivity index (χ1) is 35.0. The third-order valence-electron chi connectivity index (χ3n) is 14.8. The maximum absolute atomic E-state index is 2.48. The van der Waals surface area contributed by atoms with Crippen LogP contribution in [0.4, 0.5) is 17.1 Å². The van der Waals surface area contributed by atoms with Crippen LogP contribution in [0, 0.1) is 0 Å². The maximum atomic E-state index is 2.48. The molecule has 1 aliphatic carbocycles. The Morgan fingerprint density at radius 1 is 0.296 bits per heavy atom. The molecule has 0 saturated carbocycles. The van der Waals surface area contributed by atoms with Gasteiger partial charge in [-0.05, 0) is 139 Å². The number of anilines is 3. The molecule has 0 spiro atoms. The van der Waals surface area contributed by atoms with Crippen LogP contribution in [0.5, 0.6) is 0 Å². The highest BCUT2D eigenvalue weighted by Crippen LogP contribution is 2.51. The van der Waals surface area contributed by atoms with E-state index in [4.69, 9.17) is 0 Å². The SMILES string of the molecule is CC1(C)c2ccccc2-c2ccc(N(c3ccc(-c4ccccc4)cc3)c3ccc(-c4ccc(-n5c6cc(-c7ccccc7)ccc6c6cc(-c7ccccc7)cc(-c7ccccc7)c65)cc4)cc3)cc21. The number of rotatable bonds is 9. The molecule has 1 aromatic heterocycles. The summed E-state index contributed by atoms with van der Waals surface area (Å²) in [5, 5.41) is 2.46. The third kappa shape index (κ3) is 7.35. The van der Waals surface area contributed by atoms with E-state index in [1.165, 1.54) is 88.6 Å². The fraction of sp³-hybridized carbons (Fsp3) is 0.0435. The van der Waals surface area contributed by atoms with Crippen molar-refractivity contribution in [1.82, 2.24) is 4.57 Å². The van der Waals surface area contributed by atoms with Crippen molar-refractivity contribution in [3.8, 4) is 72.4 Å². The molecule has 0 aliphatic heterocycles. The zero-order valence-corrected chi connectivity index (χ0v) is 39.8. The highest BCUT2D eigenvalue weighted by molar-refractivity contribution is 6.16. The van der Waals surface area contributed by atoms with Gasteiger partial charge < -0.3 is 9.47 Å². The van der Waals surface area contributed by atoms with Gasteiger partial charge in [-0.25, -0.2) is 0 Å². The Labute approximate surface area is 416 Å². The van der Waals surface area contributed by atoms with E-state index in [1.54, 1.807) is 0 Å². The van der Waals surface area contributed by atoms with Crippen LogP contribution < -0.4 is 4.90 Å². The molecule has 71 heavy (non-hydrogen) atoms. The van der Waals surface area contributed by atoms with Crippen LogP contribution in [0.2, 0.25) is 0 Å². The Bertz CT molecular complexity index is 3890. The van der Waals surface area contributed by atoms with Crippen LogP contribution >= 0.6 is 0 Å². The summed E-state index contributed by atoms with van der Waals surface area (Å²) in [5.74, 6) is 0. The van der Waals surface area contributed by atoms with Gasteiger partial charge in [0.05, 0.1) is 11.0 Å². The molecule has 1 heterocycles. The van der Waals surface area contributed by atoms with Crippen LogP contribution in [0.3, 0.4) is 0 Å². The Kier molecular flexibility index (Phi) is 10.2. The summed E-state index contributed by atoms with van der Waals surface area (Å²) in [6, 6.07) is 97.8. The number of nitrogens with zero attached hydrogens (tertiary/aromatic N) is 2. The van der Waals surface area contributed by atoms with Crippen molar-refractivity contribution in [2.24, 2.45) is 0 Å². The molecule has 12 aromatic rings. The first-order valence-corrected chi connectivity index (χ1v) is 24.7. The second kappa shape index (κ2) is 17.2. The maximum Gasteiger partial charge on any atom is 0.0619 e. The minimum atomic E-state index is -0.113.